The molecule has 2 aromatic heterocycles. The third-order valence-corrected chi connectivity index (χ3v) is 6.26. The number of hydrogen-bond donors (Lipinski definition) is 2. The lowest BCUT2D eigenvalue weighted by Gasteiger charge is -2.02. The topological polar surface area (TPSA) is 58.2 Å². The van der Waals surface area contributed by atoms with Gasteiger partial charge in [0.25, 0.3) is 5.91 Å². The van der Waals surface area contributed by atoms with Crippen LogP contribution in [-0.2, 0) is 11.2 Å². The number of carbonyl (C=O) groups excluding carboxylic acids is 2. The van der Waals surface area contributed by atoms with E-state index in [4.69, 9.17) is 0 Å². The molecule has 2 amide bonds. The molecule has 22 heavy (non-hydrogen) atoms. The molecule has 2 N–H and O–H groups in total. The average molecular weight is 446 g/mol. The molecule has 1 saturated carbocycles. The Morgan fingerprint density at radius 3 is 2.68 bits per heavy atom. The van der Waals surface area contributed by atoms with E-state index in [1.807, 2.05) is 0 Å². The summed E-state index contributed by atoms with van der Waals surface area (Å²) >= 11 is 5.36. The van der Waals surface area contributed by atoms with Crippen molar-refractivity contribution in [3.8, 4) is 0 Å². The van der Waals surface area contributed by atoms with Crippen LogP contribution in [0.25, 0.3) is 0 Å². The molecule has 0 radical (unpaired) electrons. The van der Waals surface area contributed by atoms with Gasteiger partial charge in [0, 0.05) is 17.3 Å². The van der Waals surface area contributed by atoms with Crippen LogP contribution in [-0.4, -0.2) is 18.4 Å². The van der Waals surface area contributed by atoms with Gasteiger partial charge in [-0.2, -0.15) is 0 Å². The Labute approximate surface area is 150 Å². The maximum absolute atomic E-state index is 12.1. The first-order valence-corrected chi connectivity index (χ1v) is 9.76. The summed E-state index contributed by atoms with van der Waals surface area (Å²) in [5.74, 6) is 0.164. The zero-order valence-corrected chi connectivity index (χ0v) is 15.5. The highest BCUT2D eigenvalue weighted by Crippen LogP contribution is 2.31. The number of nitrogens with one attached hydrogen (secondary N) is 2. The predicted octanol–water partition coefficient (Wildman–Crippen LogP) is 3.74. The molecule has 116 valence electrons. The van der Waals surface area contributed by atoms with Gasteiger partial charge < -0.3 is 10.6 Å². The van der Waals surface area contributed by atoms with Crippen molar-refractivity contribution in [3.63, 3.8) is 0 Å². The average Bonchev–Trinajstić information content (AvgIpc) is 3.11. The molecule has 0 bridgehead atoms. The summed E-state index contributed by atoms with van der Waals surface area (Å²) < 4.78 is 1.26. The summed E-state index contributed by atoms with van der Waals surface area (Å²) in [6, 6.07) is 7.73. The quantitative estimate of drug-likeness (QED) is 0.665. The highest BCUT2D eigenvalue weighted by atomic mass is 127. The molecule has 2 heterocycles. The van der Waals surface area contributed by atoms with Gasteiger partial charge in [-0.15, -0.1) is 22.7 Å². The van der Waals surface area contributed by atoms with Crippen molar-refractivity contribution < 1.29 is 9.59 Å². The Balaban J connectivity index is 1.47. The van der Waals surface area contributed by atoms with E-state index in [1.54, 1.807) is 23.5 Å². The molecule has 2 aromatic rings. The number of halogens is 1. The van der Waals surface area contributed by atoms with Crippen LogP contribution in [0.5, 0.6) is 0 Å². The maximum atomic E-state index is 12.1. The summed E-state index contributed by atoms with van der Waals surface area (Å²) in [7, 11) is 0. The Bertz CT molecular complexity index is 691. The molecule has 1 aliphatic carbocycles. The number of thiophene rings is 2. The number of amides is 2. The van der Waals surface area contributed by atoms with E-state index >= 15 is 0 Å². The molecule has 1 fully saturated rings. The largest absolute Gasteiger partial charge is 0.351 e. The third-order valence-electron chi connectivity index (χ3n) is 3.31. The minimum absolute atomic E-state index is 0.0705. The molecular formula is C15H15IN2O2S2. The Hall–Kier alpha value is -0.930. The molecule has 0 atom stereocenters. The zero-order valence-electron chi connectivity index (χ0n) is 11.7. The highest BCUT2D eigenvalue weighted by Gasteiger charge is 2.29. The van der Waals surface area contributed by atoms with Gasteiger partial charge in [0.1, 0.15) is 0 Å². The minimum atomic E-state index is -0.0804. The van der Waals surface area contributed by atoms with E-state index < -0.39 is 0 Å². The van der Waals surface area contributed by atoms with Gasteiger partial charge >= 0.3 is 0 Å². The van der Waals surface area contributed by atoms with E-state index in [2.05, 4.69) is 45.4 Å². The van der Waals surface area contributed by atoms with E-state index in [9.17, 15) is 9.59 Å². The maximum Gasteiger partial charge on any atom is 0.261 e. The first-order valence-electron chi connectivity index (χ1n) is 7.05. The van der Waals surface area contributed by atoms with Gasteiger partial charge in [0.05, 0.1) is 12.8 Å². The van der Waals surface area contributed by atoms with E-state index in [0.717, 1.165) is 24.3 Å². The third kappa shape index (κ3) is 4.30. The minimum Gasteiger partial charge on any atom is -0.351 e. The first-order chi connectivity index (χ1) is 10.6. The lowest BCUT2D eigenvalue weighted by molar-refractivity contribution is -0.117. The number of carbonyl (C=O) groups is 2. The number of rotatable bonds is 6. The van der Waals surface area contributed by atoms with Crippen molar-refractivity contribution in [2.75, 3.05) is 11.9 Å². The molecule has 4 nitrogen and oxygen atoms in total. The van der Waals surface area contributed by atoms with Crippen molar-refractivity contribution in [3.05, 3.63) is 36.9 Å². The predicted molar refractivity (Wildman–Crippen MR) is 98.7 cm³/mol. The van der Waals surface area contributed by atoms with Gasteiger partial charge in [0.2, 0.25) is 5.91 Å². The molecule has 7 heteroatoms. The van der Waals surface area contributed by atoms with E-state index in [1.165, 1.54) is 19.1 Å². The fraction of sp³-hybridized carbons (Fsp3) is 0.333. The van der Waals surface area contributed by atoms with Crippen LogP contribution in [0, 0.1) is 8.80 Å². The smallest absolute Gasteiger partial charge is 0.261 e. The molecule has 0 saturated heterocycles. The molecule has 0 aliphatic heterocycles. The number of anilines is 1. The van der Waals surface area contributed by atoms with Crippen molar-refractivity contribution in [2.24, 2.45) is 5.92 Å². The Kier molecular flexibility index (Phi) is 5.14. The molecule has 0 spiro atoms. The van der Waals surface area contributed by atoms with Crippen LogP contribution >= 0.6 is 45.3 Å². The van der Waals surface area contributed by atoms with Crippen LogP contribution in [0.3, 0.4) is 0 Å². The summed E-state index contributed by atoms with van der Waals surface area (Å²) in [6.45, 7) is 0.622. The lowest BCUT2D eigenvalue weighted by atomic mass is 10.3. The summed E-state index contributed by atoms with van der Waals surface area (Å²) in [6.07, 6.45) is 2.80. The molecule has 3 rings (SSSR count). The number of hydrogen-bond acceptors (Lipinski definition) is 4. The summed E-state index contributed by atoms with van der Waals surface area (Å²) in [5, 5.41) is 6.53. The van der Waals surface area contributed by atoms with Crippen LogP contribution < -0.4 is 10.6 Å². The van der Waals surface area contributed by atoms with E-state index in [0.29, 0.717) is 11.4 Å². The monoisotopic (exact) mass is 446 g/mol. The lowest BCUT2D eigenvalue weighted by Crippen LogP contribution is -2.24. The van der Waals surface area contributed by atoms with E-state index in [-0.39, 0.29) is 17.7 Å². The standard InChI is InChI=1S/C15H15IN2O2S2/c16-12-5-3-10(21-12)7-8-17-15(20)11-4-6-13(22-11)18-14(19)9-1-2-9/h3-6,9H,1-2,7-8H2,(H,17,20)(H,18,19). The van der Waals surface area contributed by atoms with Crippen LogP contribution in [0.4, 0.5) is 5.00 Å². The van der Waals surface area contributed by atoms with Crippen LogP contribution in [0.1, 0.15) is 27.4 Å². The van der Waals surface area contributed by atoms with Crippen molar-refractivity contribution in [1.82, 2.24) is 5.32 Å². The second-order valence-corrected chi connectivity index (χ2v) is 9.29. The Morgan fingerprint density at radius 1 is 1.18 bits per heavy atom. The fourth-order valence-corrected chi connectivity index (χ4v) is 4.55. The van der Waals surface area contributed by atoms with Crippen molar-refractivity contribution >= 4 is 62.1 Å². The molecule has 0 aromatic carbocycles. The van der Waals surface area contributed by atoms with Gasteiger partial charge in [-0.1, -0.05) is 0 Å². The van der Waals surface area contributed by atoms with Crippen LogP contribution in [0.2, 0.25) is 0 Å². The van der Waals surface area contributed by atoms with Crippen molar-refractivity contribution in [2.45, 2.75) is 19.3 Å². The molecule has 0 unspecified atom stereocenters. The normalized spacial score (nSPS) is 13.9. The Morgan fingerprint density at radius 2 is 2.00 bits per heavy atom. The zero-order chi connectivity index (χ0) is 15.5. The summed E-state index contributed by atoms with van der Waals surface area (Å²) in [5.41, 5.74) is 0. The summed E-state index contributed by atoms with van der Waals surface area (Å²) in [4.78, 5) is 25.7. The van der Waals surface area contributed by atoms with Crippen LogP contribution in [0.15, 0.2) is 24.3 Å². The van der Waals surface area contributed by atoms with Gasteiger partial charge in [-0.25, -0.2) is 0 Å². The molecular weight excluding hydrogens is 431 g/mol. The second kappa shape index (κ2) is 7.10. The van der Waals surface area contributed by atoms with Gasteiger partial charge in [-0.3, -0.25) is 9.59 Å². The SMILES string of the molecule is O=C(NCCc1ccc(I)s1)c1ccc(NC(=O)C2CC2)s1. The fourth-order valence-electron chi connectivity index (χ4n) is 1.97. The van der Waals surface area contributed by atoms with Crippen molar-refractivity contribution in [1.29, 1.82) is 0 Å². The highest BCUT2D eigenvalue weighted by molar-refractivity contribution is 14.1. The first kappa shape index (κ1) is 15.9. The second-order valence-electron chi connectivity index (χ2n) is 5.14. The van der Waals surface area contributed by atoms with Gasteiger partial charge in [0.15, 0.2) is 0 Å². The molecule has 1 aliphatic rings. The van der Waals surface area contributed by atoms with Gasteiger partial charge in [-0.05, 0) is 66.1 Å².